The molecule has 6 atom stereocenters. The van der Waals surface area contributed by atoms with Gasteiger partial charge in [0.25, 0.3) is 6.01 Å². The van der Waals surface area contributed by atoms with Crippen LogP contribution in [0.25, 0.3) is 11.0 Å². The molecule has 8 rings (SSSR count). The maximum Gasteiger partial charge on any atom is 0.297 e. The number of carbonyl (C=O) groups is 6. The van der Waals surface area contributed by atoms with Crippen molar-refractivity contribution < 1.29 is 37.8 Å². The number of likely N-dealkylation sites (N-methyl/N-ethyl adjacent to an activating group) is 1. The highest BCUT2D eigenvalue weighted by molar-refractivity contribution is 6.38. The number of carbonyl (C=O) groups excluding carboxylic acids is 6. The van der Waals surface area contributed by atoms with Gasteiger partial charge in [-0.05, 0) is 79.9 Å². The first-order valence-electron chi connectivity index (χ1n) is 23.1. The summed E-state index contributed by atoms with van der Waals surface area (Å²) in [6.45, 7) is 14.5. The van der Waals surface area contributed by atoms with Crippen molar-refractivity contribution in [3.63, 3.8) is 0 Å². The van der Waals surface area contributed by atoms with Gasteiger partial charge in [-0.1, -0.05) is 115 Å². The monoisotopic (exact) mass is 881 g/mol. The van der Waals surface area contributed by atoms with E-state index < -0.39 is 29.0 Å². The fraction of sp³-hybridized carbons (Fsp3) is 0.538. The van der Waals surface area contributed by atoms with E-state index in [1.54, 1.807) is 19.5 Å². The highest BCUT2D eigenvalue weighted by Gasteiger charge is 2.61. The van der Waals surface area contributed by atoms with Crippen LogP contribution >= 0.6 is 0 Å². The third-order valence-electron chi connectivity index (χ3n) is 12.9. The second-order valence-electron chi connectivity index (χ2n) is 20.7. The summed E-state index contributed by atoms with van der Waals surface area (Å²) in [5, 5.41) is 8.90. The van der Waals surface area contributed by atoms with E-state index in [2.05, 4.69) is 72.5 Å². The van der Waals surface area contributed by atoms with Gasteiger partial charge in [0.15, 0.2) is 11.6 Å². The molecule has 3 amide bonds. The summed E-state index contributed by atoms with van der Waals surface area (Å²) >= 11 is 0. The number of amides is 3. The van der Waals surface area contributed by atoms with Gasteiger partial charge in [-0.25, -0.2) is 0 Å². The molecule has 12 nitrogen and oxygen atoms in total. The summed E-state index contributed by atoms with van der Waals surface area (Å²) in [6, 6.07) is 17.8. The fourth-order valence-electron chi connectivity index (χ4n) is 8.88. The minimum absolute atomic E-state index is 0. The lowest BCUT2D eigenvalue weighted by molar-refractivity contribution is -0.138. The summed E-state index contributed by atoms with van der Waals surface area (Å²) in [6.07, 6.45) is 14.4. The Labute approximate surface area is 383 Å². The standard InChI is InChI=1S/C40H46N5O5.C7H10O2.C5H12.3H2/c1-39-23-29(50-38-43-31-16-11-12-18-33(31)45(38)25-26-13-7-6-8-14-26)21-30(39)36(48)44-40(37(49)41-2)22-28(40)15-9-4-3-5-10-17-32(34(46)24-39)42-35(47)27-19-20-27;1-5(8)6(9)7(2)3-4-7;1-5(2,3)4;;;/h6-9,11-16,18-20,28-30,32H,3-5,10,17,21-25H2,1-2H3,(H,41,49)(H,42,47)(H,44,48);3-4H2,1-2H3;1-4H3;3*1H/b15-9-;;;;;/t28-,29-,30+,32+,39?,40-;;;;;/m1...../s1. The van der Waals surface area contributed by atoms with Crippen molar-refractivity contribution in [1.82, 2.24) is 25.5 Å². The molecular weight excluding hydrogens is 807 g/mol. The summed E-state index contributed by atoms with van der Waals surface area (Å²) in [5.74, 6) is -1.99. The molecule has 3 aromatic rings. The average molecular weight is 881 g/mol. The van der Waals surface area contributed by atoms with E-state index in [9.17, 15) is 28.8 Å². The lowest BCUT2D eigenvalue weighted by Crippen LogP contribution is -2.53. The minimum atomic E-state index is -1.02. The number of fused-ring (bicyclic) bond motifs is 3. The van der Waals surface area contributed by atoms with Gasteiger partial charge in [-0.3, -0.25) is 33.3 Å². The van der Waals surface area contributed by atoms with Crippen molar-refractivity contribution in [1.29, 1.82) is 0 Å². The predicted octanol–water partition coefficient (Wildman–Crippen LogP) is 8.71. The summed E-state index contributed by atoms with van der Waals surface area (Å²) in [5.41, 5.74) is 1.87. The highest BCUT2D eigenvalue weighted by Crippen LogP contribution is 2.51. The van der Waals surface area contributed by atoms with E-state index in [0.29, 0.717) is 49.2 Å². The zero-order valence-electron chi connectivity index (χ0n) is 39.1. The van der Waals surface area contributed by atoms with Crippen molar-refractivity contribution in [2.45, 2.75) is 143 Å². The van der Waals surface area contributed by atoms with Crippen molar-refractivity contribution in [2.24, 2.45) is 28.1 Å². The van der Waals surface area contributed by atoms with Crippen LogP contribution in [0.4, 0.5) is 0 Å². The molecule has 5 aliphatic rings. The molecule has 4 aliphatic carbocycles. The molecule has 1 unspecified atom stereocenters. The number of benzene rings is 2. The summed E-state index contributed by atoms with van der Waals surface area (Å²) in [7, 11) is 1.59. The molecule has 0 bridgehead atoms. The number of nitrogens with zero attached hydrogens (tertiary/aromatic N) is 2. The molecule has 1 aliphatic heterocycles. The van der Waals surface area contributed by atoms with E-state index in [4.69, 9.17) is 9.72 Å². The third kappa shape index (κ3) is 12.2. The molecule has 1 aromatic heterocycles. The van der Waals surface area contributed by atoms with Gasteiger partial charge in [0.1, 0.15) is 11.6 Å². The topological polar surface area (TPSA) is 166 Å². The van der Waals surface area contributed by atoms with Crippen molar-refractivity contribution in [3.8, 4) is 6.01 Å². The first-order chi connectivity index (χ1) is 30.2. The SMILES string of the molecule is CC(=O)C(=O)C1(C)CC1.CC(C)(C)C.CNC(=O)[C@@]12C[C@H]1/C=C\CCCCC[C@H](NC(=O)C1=C[CH]1)C(=O)CC1(C)C[C@H](Oc3nc4ccccc4n3Cc3ccccc3)C[C@H]1C(=O)N2.[HH].[HH].[HH]. The number of nitrogens with one attached hydrogen (secondary N) is 3. The third-order valence-corrected chi connectivity index (χ3v) is 12.9. The molecule has 349 valence electrons. The molecule has 64 heavy (non-hydrogen) atoms. The first kappa shape index (κ1) is 48.1. The molecule has 3 saturated carbocycles. The number of hydrogen-bond donors (Lipinski definition) is 3. The lowest BCUT2D eigenvalue weighted by Gasteiger charge is -2.32. The molecule has 3 fully saturated rings. The Morgan fingerprint density at radius 3 is 2.25 bits per heavy atom. The fourth-order valence-corrected chi connectivity index (χ4v) is 8.88. The van der Waals surface area contributed by atoms with Crippen molar-refractivity contribution >= 4 is 46.1 Å². The Morgan fingerprint density at radius 1 is 0.953 bits per heavy atom. The van der Waals surface area contributed by atoms with E-state index in [0.717, 1.165) is 55.1 Å². The maximum absolute atomic E-state index is 14.4. The second kappa shape index (κ2) is 19.8. The van der Waals surface area contributed by atoms with E-state index in [1.165, 1.54) is 6.92 Å². The lowest BCUT2D eigenvalue weighted by atomic mass is 9.74. The van der Waals surface area contributed by atoms with Crippen LogP contribution in [0, 0.1) is 34.5 Å². The Bertz CT molecular complexity index is 2300. The number of allylic oxidation sites excluding steroid dienone is 2. The minimum Gasteiger partial charge on any atom is -0.461 e. The highest BCUT2D eigenvalue weighted by atomic mass is 16.5. The Balaban J connectivity index is 0.000000606. The molecule has 0 spiro atoms. The number of ether oxygens (including phenoxy) is 1. The molecule has 2 heterocycles. The van der Waals surface area contributed by atoms with Gasteiger partial charge in [-0.2, -0.15) is 4.98 Å². The Kier molecular flexibility index (Phi) is 14.9. The van der Waals surface area contributed by atoms with Crippen LogP contribution in [0.1, 0.15) is 129 Å². The molecule has 12 heteroatoms. The Hall–Kier alpha value is -5.39. The number of imidazole rings is 1. The van der Waals surface area contributed by atoms with Gasteiger partial charge < -0.3 is 20.7 Å². The Morgan fingerprint density at radius 2 is 1.62 bits per heavy atom. The van der Waals surface area contributed by atoms with Crippen LogP contribution in [-0.4, -0.2) is 69.4 Å². The molecular formula is C52H74N5O7. The normalized spacial score (nSPS) is 27.6. The molecule has 1 radical (unpaired) electrons. The summed E-state index contributed by atoms with van der Waals surface area (Å²) in [4.78, 5) is 80.8. The number of hydrogen-bond acceptors (Lipinski definition) is 8. The van der Waals surface area contributed by atoms with Crippen LogP contribution in [0.15, 0.2) is 78.4 Å². The summed E-state index contributed by atoms with van der Waals surface area (Å²) < 4.78 is 8.78. The van der Waals surface area contributed by atoms with Crippen molar-refractivity contribution in [3.05, 3.63) is 90.4 Å². The second-order valence-corrected chi connectivity index (χ2v) is 20.7. The van der Waals surface area contributed by atoms with Crippen LogP contribution < -0.4 is 20.7 Å². The number of rotatable bonds is 9. The number of Topliss-reactive ketones (excluding diaryl/α,β-unsaturated/α-hetero) is 3. The smallest absolute Gasteiger partial charge is 0.297 e. The van der Waals surface area contributed by atoms with Gasteiger partial charge in [0.05, 0.1) is 23.6 Å². The van der Waals surface area contributed by atoms with E-state index in [-0.39, 0.29) is 57.1 Å². The number of para-hydroxylation sites is 2. The van der Waals surface area contributed by atoms with Gasteiger partial charge in [0, 0.05) is 53.9 Å². The quantitative estimate of drug-likeness (QED) is 0.142. The zero-order valence-corrected chi connectivity index (χ0v) is 39.1. The van der Waals surface area contributed by atoms with Gasteiger partial charge in [0.2, 0.25) is 23.5 Å². The van der Waals surface area contributed by atoms with E-state index >= 15 is 0 Å². The molecule has 3 N–H and O–H groups in total. The number of ketones is 3. The average Bonchev–Trinajstić information content (AvgIpc) is 4.19. The van der Waals surface area contributed by atoms with Crippen molar-refractivity contribution in [2.75, 3.05) is 7.05 Å². The van der Waals surface area contributed by atoms with Crippen LogP contribution in [-0.2, 0) is 35.3 Å². The van der Waals surface area contributed by atoms with E-state index in [1.807, 2.05) is 56.3 Å². The molecule has 0 saturated heterocycles. The maximum atomic E-state index is 14.4. The zero-order chi connectivity index (χ0) is 46.5. The molecule has 2 aromatic carbocycles. The predicted molar refractivity (Wildman–Crippen MR) is 254 cm³/mol. The van der Waals surface area contributed by atoms with Crippen LogP contribution in [0.5, 0.6) is 6.01 Å². The largest absolute Gasteiger partial charge is 0.461 e. The van der Waals surface area contributed by atoms with Gasteiger partial charge in [-0.15, -0.1) is 0 Å². The van der Waals surface area contributed by atoms with Gasteiger partial charge >= 0.3 is 0 Å². The van der Waals surface area contributed by atoms with Crippen LogP contribution in [0.3, 0.4) is 0 Å². The number of aromatic nitrogens is 2. The first-order valence-corrected chi connectivity index (χ1v) is 23.1. The van der Waals surface area contributed by atoms with Crippen LogP contribution in [0.2, 0.25) is 0 Å².